The molecule has 2 aliphatic heterocycles. The van der Waals surface area contributed by atoms with Crippen LogP contribution in [0.25, 0.3) is 0 Å². The summed E-state index contributed by atoms with van der Waals surface area (Å²) in [4.78, 5) is 24.4. The highest BCUT2D eigenvalue weighted by atomic mass is 16.5. The Labute approximate surface area is 176 Å². The van der Waals surface area contributed by atoms with Gasteiger partial charge in [-0.15, -0.1) is 0 Å². The van der Waals surface area contributed by atoms with Gasteiger partial charge in [-0.3, -0.25) is 14.7 Å². The summed E-state index contributed by atoms with van der Waals surface area (Å²) in [7, 11) is 3.37. The van der Waals surface area contributed by atoms with Gasteiger partial charge >= 0.3 is 0 Å². The molecule has 1 aromatic heterocycles. The van der Waals surface area contributed by atoms with Crippen molar-refractivity contribution in [2.45, 2.75) is 25.3 Å². The maximum absolute atomic E-state index is 12.2. The van der Waals surface area contributed by atoms with Crippen LogP contribution in [0.2, 0.25) is 0 Å². The number of rotatable bonds is 6. The molecule has 2 saturated heterocycles. The molecule has 2 aromatic rings. The smallest absolute Gasteiger partial charge is 0.252 e. The van der Waals surface area contributed by atoms with Gasteiger partial charge in [-0.25, -0.2) is 4.98 Å². The minimum Gasteiger partial charge on any atom is -0.497 e. The van der Waals surface area contributed by atoms with Crippen LogP contribution in [0.4, 0.5) is 5.95 Å². The predicted octanol–water partition coefficient (Wildman–Crippen LogP) is 2.00. The van der Waals surface area contributed by atoms with E-state index in [0.717, 1.165) is 68.3 Å². The average Bonchev–Trinajstić information content (AvgIpc) is 2.79. The lowest BCUT2D eigenvalue weighted by Gasteiger charge is -2.32. The molecule has 2 aliphatic rings. The van der Waals surface area contributed by atoms with Gasteiger partial charge in [0.15, 0.2) is 0 Å². The Balaban J connectivity index is 1.41. The Morgan fingerprint density at radius 2 is 1.87 bits per heavy atom. The van der Waals surface area contributed by atoms with Crippen molar-refractivity contribution in [3.8, 4) is 11.5 Å². The molecule has 0 radical (unpaired) electrons. The summed E-state index contributed by atoms with van der Waals surface area (Å²) >= 11 is 0. The molecule has 8 heteroatoms. The van der Waals surface area contributed by atoms with Gasteiger partial charge in [0.05, 0.1) is 33.1 Å². The number of ether oxygens (including phenoxy) is 3. The van der Waals surface area contributed by atoms with Crippen LogP contribution in [0, 0.1) is 0 Å². The summed E-state index contributed by atoms with van der Waals surface area (Å²) in [5, 5.41) is 0. The molecule has 0 saturated carbocycles. The van der Waals surface area contributed by atoms with Gasteiger partial charge in [-0.05, 0) is 44.1 Å². The highest BCUT2D eigenvalue weighted by Crippen LogP contribution is 2.30. The van der Waals surface area contributed by atoms with Crippen LogP contribution in [-0.2, 0) is 11.3 Å². The third-order valence-corrected chi connectivity index (χ3v) is 5.95. The lowest BCUT2D eigenvalue weighted by Crippen LogP contribution is -2.39. The predicted molar refractivity (Wildman–Crippen MR) is 115 cm³/mol. The van der Waals surface area contributed by atoms with E-state index in [9.17, 15) is 4.79 Å². The molecule has 1 N–H and O–H groups in total. The number of nitrogens with zero attached hydrogens (tertiary/aromatic N) is 3. The molecule has 1 aromatic carbocycles. The first-order valence-electron chi connectivity index (χ1n) is 10.5. The van der Waals surface area contributed by atoms with Gasteiger partial charge in [-0.1, -0.05) is 0 Å². The van der Waals surface area contributed by atoms with E-state index in [2.05, 4.69) is 14.8 Å². The number of methoxy groups -OCH3 is 2. The van der Waals surface area contributed by atoms with E-state index in [-0.39, 0.29) is 5.56 Å². The van der Waals surface area contributed by atoms with Crippen molar-refractivity contribution in [2.75, 3.05) is 58.5 Å². The van der Waals surface area contributed by atoms with Crippen LogP contribution in [0.15, 0.2) is 29.1 Å². The van der Waals surface area contributed by atoms with Gasteiger partial charge in [0.25, 0.3) is 5.56 Å². The van der Waals surface area contributed by atoms with Gasteiger partial charge in [0.2, 0.25) is 5.95 Å². The number of aromatic nitrogens is 2. The fraction of sp³-hybridized carbons (Fsp3) is 0.545. The number of benzene rings is 1. The fourth-order valence-electron chi connectivity index (χ4n) is 4.23. The van der Waals surface area contributed by atoms with Gasteiger partial charge in [-0.2, -0.15) is 0 Å². The third-order valence-electron chi connectivity index (χ3n) is 5.95. The van der Waals surface area contributed by atoms with E-state index >= 15 is 0 Å². The van der Waals surface area contributed by atoms with E-state index in [1.165, 1.54) is 0 Å². The summed E-state index contributed by atoms with van der Waals surface area (Å²) in [5.74, 6) is 2.69. The number of anilines is 1. The first-order valence-corrected chi connectivity index (χ1v) is 10.5. The van der Waals surface area contributed by atoms with E-state index in [1.807, 2.05) is 18.2 Å². The lowest BCUT2D eigenvalue weighted by atomic mass is 9.93. The number of H-pyrrole nitrogens is 1. The van der Waals surface area contributed by atoms with E-state index in [4.69, 9.17) is 19.2 Å². The van der Waals surface area contributed by atoms with Gasteiger partial charge in [0, 0.05) is 37.2 Å². The first-order chi connectivity index (χ1) is 14.7. The normalized spacial score (nSPS) is 18.4. The van der Waals surface area contributed by atoms with Crippen LogP contribution >= 0.6 is 0 Å². The number of aromatic amines is 1. The number of morpholine rings is 1. The molecule has 3 heterocycles. The van der Waals surface area contributed by atoms with Crippen molar-refractivity contribution in [3.05, 3.63) is 45.9 Å². The molecule has 0 atom stereocenters. The first kappa shape index (κ1) is 20.7. The number of hydrogen-bond acceptors (Lipinski definition) is 7. The molecule has 0 unspecified atom stereocenters. The summed E-state index contributed by atoms with van der Waals surface area (Å²) in [6, 6.07) is 7.57. The zero-order valence-electron chi connectivity index (χ0n) is 17.7. The molecule has 4 rings (SSSR count). The molecule has 162 valence electrons. The highest BCUT2D eigenvalue weighted by molar-refractivity contribution is 5.40. The van der Waals surface area contributed by atoms with Crippen LogP contribution in [0.3, 0.4) is 0 Å². The Kier molecular flexibility index (Phi) is 6.54. The van der Waals surface area contributed by atoms with Crippen molar-refractivity contribution in [3.63, 3.8) is 0 Å². The standard InChI is InChI=1S/C22H30N4O4/c1-28-18-3-4-20(29-2)17(13-18)15-25-7-5-16(6-8-25)19-14-21(27)24-22(23-19)26-9-11-30-12-10-26/h3-4,13-14,16H,5-12,15H2,1-2H3,(H,23,24,27). The van der Waals surface area contributed by atoms with E-state index < -0.39 is 0 Å². The Bertz CT molecular complexity index is 902. The van der Waals surface area contributed by atoms with Crippen molar-refractivity contribution < 1.29 is 14.2 Å². The van der Waals surface area contributed by atoms with Crippen molar-refractivity contribution in [1.82, 2.24) is 14.9 Å². The summed E-state index contributed by atoms with van der Waals surface area (Å²) in [6.45, 7) is 5.56. The minimum absolute atomic E-state index is 0.0787. The van der Waals surface area contributed by atoms with E-state index in [0.29, 0.717) is 25.1 Å². The Morgan fingerprint density at radius 3 is 2.57 bits per heavy atom. The van der Waals surface area contributed by atoms with Crippen LogP contribution in [0.5, 0.6) is 11.5 Å². The van der Waals surface area contributed by atoms with Crippen molar-refractivity contribution >= 4 is 5.95 Å². The quantitative estimate of drug-likeness (QED) is 0.774. The maximum atomic E-state index is 12.2. The molecule has 0 aliphatic carbocycles. The second-order valence-corrected chi connectivity index (χ2v) is 7.82. The van der Waals surface area contributed by atoms with Crippen LogP contribution in [-0.4, -0.2) is 68.5 Å². The summed E-state index contributed by atoms with van der Waals surface area (Å²) < 4.78 is 16.3. The molecule has 0 spiro atoms. The summed E-state index contributed by atoms with van der Waals surface area (Å²) in [6.07, 6.45) is 1.95. The third kappa shape index (κ3) is 4.76. The van der Waals surface area contributed by atoms with Gasteiger partial charge < -0.3 is 19.1 Å². The summed E-state index contributed by atoms with van der Waals surface area (Å²) in [5.41, 5.74) is 1.95. The second-order valence-electron chi connectivity index (χ2n) is 7.82. The molecular weight excluding hydrogens is 384 g/mol. The molecular formula is C22H30N4O4. The minimum atomic E-state index is -0.0787. The van der Waals surface area contributed by atoms with Gasteiger partial charge in [0.1, 0.15) is 11.5 Å². The Hall–Kier alpha value is -2.58. The monoisotopic (exact) mass is 414 g/mol. The molecule has 0 bridgehead atoms. The fourth-order valence-corrected chi connectivity index (χ4v) is 4.23. The van der Waals surface area contributed by atoms with E-state index in [1.54, 1.807) is 20.3 Å². The van der Waals surface area contributed by atoms with Crippen molar-refractivity contribution in [2.24, 2.45) is 0 Å². The van der Waals surface area contributed by atoms with Crippen molar-refractivity contribution in [1.29, 1.82) is 0 Å². The average molecular weight is 415 g/mol. The molecule has 0 amide bonds. The zero-order chi connectivity index (χ0) is 20.9. The molecule has 2 fully saturated rings. The largest absolute Gasteiger partial charge is 0.497 e. The molecule has 30 heavy (non-hydrogen) atoms. The number of hydrogen-bond donors (Lipinski definition) is 1. The van der Waals surface area contributed by atoms with Crippen LogP contribution < -0.4 is 19.9 Å². The lowest BCUT2D eigenvalue weighted by molar-refractivity contribution is 0.122. The SMILES string of the molecule is COc1ccc(OC)c(CN2CCC(c3cc(=O)[nH]c(N4CCOCC4)n3)CC2)c1. The number of piperidine rings is 1. The molecule has 8 nitrogen and oxygen atoms in total. The highest BCUT2D eigenvalue weighted by Gasteiger charge is 2.24. The number of likely N-dealkylation sites (tertiary alicyclic amines) is 1. The maximum Gasteiger partial charge on any atom is 0.252 e. The Morgan fingerprint density at radius 1 is 1.10 bits per heavy atom. The topological polar surface area (TPSA) is 79.9 Å². The second kappa shape index (κ2) is 9.49. The zero-order valence-corrected chi connectivity index (χ0v) is 17.7. The van der Waals surface area contributed by atoms with Crippen LogP contribution in [0.1, 0.15) is 30.0 Å². The number of nitrogens with one attached hydrogen (secondary N) is 1.